The molecule has 1 heteroatoms. The van der Waals surface area contributed by atoms with Gasteiger partial charge in [-0.05, 0) is 29.3 Å². The van der Waals surface area contributed by atoms with Gasteiger partial charge in [0.15, 0.2) is 0 Å². The second kappa shape index (κ2) is 3.05. The third kappa shape index (κ3) is 2.18. The van der Waals surface area contributed by atoms with Gasteiger partial charge in [0.25, 0.3) is 0 Å². The molecule has 1 fully saturated rings. The zero-order valence-corrected chi connectivity index (χ0v) is 9.41. The first-order chi connectivity index (χ1) is 4.91. The molecule has 0 aromatic rings. The summed E-state index contributed by atoms with van der Waals surface area (Å²) in [7, 11) is 0.335. The Morgan fingerprint density at radius 1 is 1.00 bits per heavy atom. The van der Waals surface area contributed by atoms with Crippen LogP contribution in [0.2, 0.25) is 0 Å². The number of hydrogen-bond acceptors (Lipinski definition) is 0. The van der Waals surface area contributed by atoms with Crippen molar-refractivity contribution in [2.24, 2.45) is 11.8 Å². The predicted octanol–water partition coefficient (Wildman–Crippen LogP) is 3.55. The molecule has 0 saturated carbocycles. The van der Waals surface area contributed by atoms with Crippen LogP contribution in [-0.4, -0.2) is 17.5 Å². The van der Waals surface area contributed by atoms with E-state index in [4.69, 9.17) is 0 Å². The van der Waals surface area contributed by atoms with Gasteiger partial charge >= 0.3 is 0 Å². The molecule has 1 rings (SSSR count). The van der Waals surface area contributed by atoms with Crippen LogP contribution in [0.5, 0.6) is 0 Å². The van der Waals surface area contributed by atoms with E-state index in [1.54, 1.807) is 0 Å². The predicted molar refractivity (Wildman–Crippen MR) is 54.7 cm³/mol. The Balaban J connectivity index is 2.54. The van der Waals surface area contributed by atoms with E-state index in [9.17, 15) is 0 Å². The SMILES string of the molecule is CC1CP(C(C)(C)C)CC1C. The number of hydrogen-bond donors (Lipinski definition) is 0. The lowest BCUT2D eigenvalue weighted by Crippen LogP contribution is -2.12. The minimum atomic E-state index is 0.335. The lowest BCUT2D eigenvalue weighted by molar-refractivity contribution is 0.494. The smallest absolute Gasteiger partial charge is 0.0179 e. The quantitative estimate of drug-likeness (QED) is 0.490. The summed E-state index contributed by atoms with van der Waals surface area (Å²) in [6.07, 6.45) is 3.03. The summed E-state index contributed by atoms with van der Waals surface area (Å²) in [5.74, 6) is 1.97. The van der Waals surface area contributed by atoms with Crippen LogP contribution in [-0.2, 0) is 0 Å². The molecule has 0 nitrogen and oxygen atoms in total. The normalized spacial score (nSPS) is 39.5. The first kappa shape index (κ1) is 9.52. The second-order valence-corrected chi connectivity index (χ2v) is 8.18. The Morgan fingerprint density at radius 3 is 1.55 bits per heavy atom. The van der Waals surface area contributed by atoms with E-state index in [1.807, 2.05) is 0 Å². The maximum absolute atomic E-state index is 2.42. The fourth-order valence-corrected chi connectivity index (χ4v) is 5.03. The van der Waals surface area contributed by atoms with Crippen LogP contribution >= 0.6 is 7.92 Å². The van der Waals surface area contributed by atoms with Crippen molar-refractivity contribution in [2.75, 3.05) is 12.3 Å². The molecular weight excluding hydrogens is 151 g/mol. The van der Waals surface area contributed by atoms with E-state index < -0.39 is 0 Å². The maximum atomic E-state index is 2.42. The third-order valence-corrected chi connectivity index (χ3v) is 6.87. The Hall–Kier alpha value is 0.430. The van der Waals surface area contributed by atoms with Crippen LogP contribution < -0.4 is 0 Å². The first-order valence-electron chi connectivity index (χ1n) is 4.66. The van der Waals surface area contributed by atoms with E-state index >= 15 is 0 Å². The van der Waals surface area contributed by atoms with Gasteiger partial charge in [-0.25, -0.2) is 0 Å². The van der Waals surface area contributed by atoms with Gasteiger partial charge in [-0.3, -0.25) is 0 Å². The minimum Gasteiger partial charge on any atom is -0.101 e. The summed E-state index contributed by atoms with van der Waals surface area (Å²) in [4.78, 5) is 0. The lowest BCUT2D eigenvalue weighted by atomic mass is 10.0. The van der Waals surface area contributed by atoms with Crippen LogP contribution in [0.1, 0.15) is 34.6 Å². The summed E-state index contributed by atoms with van der Waals surface area (Å²) in [6.45, 7) is 12.0. The van der Waals surface area contributed by atoms with Gasteiger partial charge in [-0.2, -0.15) is 0 Å². The highest BCUT2D eigenvalue weighted by atomic mass is 31.1. The molecule has 1 aliphatic rings. The van der Waals surface area contributed by atoms with Gasteiger partial charge in [0.1, 0.15) is 0 Å². The molecule has 0 amide bonds. The van der Waals surface area contributed by atoms with Gasteiger partial charge in [0, 0.05) is 0 Å². The zero-order chi connectivity index (χ0) is 8.65. The molecule has 0 radical (unpaired) electrons. The van der Waals surface area contributed by atoms with Crippen LogP contribution in [0.3, 0.4) is 0 Å². The summed E-state index contributed by atoms with van der Waals surface area (Å²) >= 11 is 0. The Morgan fingerprint density at radius 2 is 1.36 bits per heavy atom. The van der Waals surface area contributed by atoms with Crippen molar-refractivity contribution in [2.45, 2.75) is 39.8 Å². The van der Waals surface area contributed by atoms with Crippen molar-refractivity contribution in [3.8, 4) is 0 Å². The first-order valence-corrected chi connectivity index (χ1v) is 6.37. The Bertz CT molecular complexity index is 124. The molecule has 1 saturated heterocycles. The fraction of sp³-hybridized carbons (Fsp3) is 1.00. The molecule has 0 aliphatic carbocycles. The van der Waals surface area contributed by atoms with Crippen molar-refractivity contribution >= 4 is 7.92 Å². The van der Waals surface area contributed by atoms with Crippen LogP contribution in [0.25, 0.3) is 0 Å². The van der Waals surface area contributed by atoms with Crippen molar-refractivity contribution in [1.29, 1.82) is 0 Å². The van der Waals surface area contributed by atoms with Gasteiger partial charge < -0.3 is 0 Å². The topological polar surface area (TPSA) is 0 Å². The molecule has 0 N–H and O–H groups in total. The van der Waals surface area contributed by atoms with Crippen molar-refractivity contribution in [1.82, 2.24) is 0 Å². The third-order valence-electron chi connectivity index (χ3n) is 2.94. The van der Waals surface area contributed by atoms with Crippen LogP contribution in [0.4, 0.5) is 0 Å². The summed E-state index contributed by atoms with van der Waals surface area (Å²) in [5.41, 5.74) is 0. The highest BCUT2D eigenvalue weighted by Crippen LogP contribution is 2.57. The molecular formula is C10H21P. The summed E-state index contributed by atoms with van der Waals surface area (Å²) in [6, 6.07) is 0. The highest BCUT2D eigenvalue weighted by Gasteiger charge is 2.34. The van der Waals surface area contributed by atoms with Crippen molar-refractivity contribution in [3.63, 3.8) is 0 Å². The van der Waals surface area contributed by atoms with Crippen molar-refractivity contribution < 1.29 is 0 Å². The molecule has 66 valence electrons. The molecule has 0 aromatic carbocycles. The van der Waals surface area contributed by atoms with Crippen molar-refractivity contribution in [3.05, 3.63) is 0 Å². The average Bonchev–Trinajstić information content (AvgIpc) is 2.11. The van der Waals surface area contributed by atoms with Gasteiger partial charge in [0.05, 0.1) is 0 Å². The Kier molecular flexibility index (Phi) is 2.64. The second-order valence-electron chi connectivity index (χ2n) is 5.03. The van der Waals surface area contributed by atoms with Gasteiger partial charge in [0.2, 0.25) is 0 Å². The molecule has 0 spiro atoms. The molecule has 11 heavy (non-hydrogen) atoms. The number of rotatable bonds is 0. The summed E-state index contributed by atoms with van der Waals surface area (Å²) in [5, 5.41) is 0.606. The lowest BCUT2D eigenvalue weighted by Gasteiger charge is -2.27. The molecule has 1 aliphatic heterocycles. The maximum Gasteiger partial charge on any atom is -0.0179 e. The standard InChI is InChI=1S/C10H21P/c1-8-6-11(7-9(8)2)10(3,4)5/h8-9H,6-7H2,1-5H3. The van der Waals surface area contributed by atoms with E-state index in [1.165, 1.54) is 12.3 Å². The highest BCUT2D eigenvalue weighted by molar-refractivity contribution is 7.59. The van der Waals surface area contributed by atoms with E-state index in [-0.39, 0.29) is 0 Å². The molecule has 0 bridgehead atoms. The van der Waals surface area contributed by atoms with Crippen LogP contribution in [0, 0.1) is 11.8 Å². The minimum absolute atomic E-state index is 0.335. The molecule has 0 aromatic heterocycles. The van der Waals surface area contributed by atoms with Gasteiger partial charge in [-0.1, -0.05) is 34.6 Å². The van der Waals surface area contributed by atoms with Gasteiger partial charge in [-0.15, -0.1) is 7.92 Å². The largest absolute Gasteiger partial charge is 0.101 e. The average molecular weight is 172 g/mol. The summed E-state index contributed by atoms with van der Waals surface area (Å²) < 4.78 is 0. The van der Waals surface area contributed by atoms with E-state index in [0.717, 1.165) is 11.8 Å². The zero-order valence-electron chi connectivity index (χ0n) is 8.52. The molecule has 2 atom stereocenters. The van der Waals surface area contributed by atoms with Crippen LogP contribution in [0.15, 0.2) is 0 Å². The Labute approximate surface area is 72.5 Å². The van der Waals surface area contributed by atoms with E-state index in [0.29, 0.717) is 13.1 Å². The van der Waals surface area contributed by atoms with E-state index in [2.05, 4.69) is 34.6 Å². The molecule has 2 unspecified atom stereocenters. The molecule has 1 heterocycles. The monoisotopic (exact) mass is 172 g/mol. The fourth-order valence-electron chi connectivity index (χ4n) is 1.68.